The number of carbonyl (C=O) groups is 10. The summed E-state index contributed by atoms with van der Waals surface area (Å²) >= 11 is 0. The Morgan fingerprint density at radius 3 is 1.08 bits per heavy atom. The van der Waals surface area contributed by atoms with E-state index < -0.39 is 127 Å². The lowest BCUT2D eigenvalue weighted by Gasteiger charge is -2.27. The number of aliphatic carboxylic acids is 1. The van der Waals surface area contributed by atoms with Crippen molar-refractivity contribution in [3.63, 3.8) is 0 Å². The second kappa shape index (κ2) is 42.6. The largest absolute Gasteiger partial charge is 0.480 e. The number of amides is 9. The Kier molecular flexibility index (Phi) is 36.3. The molecule has 33 nitrogen and oxygen atoms in total. The van der Waals surface area contributed by atoms with Crippen LogP contribution in [0.2, 0.25) is 0 Å². The Labute approximate surface area is 516 Å². The molecule has 0 aliphatic heterocycles. The third kappa shape index (κ3) is 31.8. The summed E-state index contributed by atoms with van der Waals surface area (Å²) in [6, 6.07) is 4.86. The first-order chi connectivity index (χ1) is 42.4. The van der Waals surface area contributed by atoms with Crippen molar-refractivity contribution in [2.45, 2.75) is 151 Å². The zero-order chi connectivity index (χ0) is 66.3. The van der Waals surface area contributed by atoms with Crippen molar-refractivity contribution in [3.8, 4) is 0 Å². The SMILES string of the molecule is C[C@H](N)C(=O)N[C@@H](CCCN=C(N)N)C(=O)N[C@@H](CCCN=C(N)N)C(=O)N[C@@H](CCCCN)C(=O)N[C@@H](CCCN=C(N)N)C(=O)N[C@@H](CCCCN)C(=O)NCC(=O)N[C@@H](CO)C(=O)N[C@@H](Cc1ccccc1)C(=O)N[C@@H](Cc1ccccc1)C(=O)O. The number of hydrogen-bond donors (Lipinski definition) is 20. The topological polar surface area (TPSA) is 591 Å². The molecule has 0 aliphatic carbocycles. The predicted molar refractivity (Wildman–Crippen MR) is 333 cm³/mol. The molecule has 2 rings (SSSR count). The fourth-order valence-corrected chi connectivity index (χ4v) is 8.62. The third-order valence-electron chi connectivity index (χ3n) is 13.4. The third-order valence-corrected chi connectivity index (χ3v) is 13.4. The van der Waals surface area contributed by atoms with Gasteiger partial charge < -0.3 is 110 Å². The Hall–Kier alpha value is -9.21. The van der Waals surface area contributed by atoms with Gasteiger partial charge in [-0.1, -0.05) is 60.7 Å². The highest BCUT2D eigenvalue weighted by Gasteiger charge is 2.34. The average Bonchev–Trinajstić information content (AvgIpc) is 2.61. The molecule has 0 bridgehead atoms. The number of carboxylic acids is 1. The lowest BCUT2D eigenvalue weighted by Crippen LogP contribution is -2.59. The summed E-state index contributed by atoms with van der Waals surface area (Å²) < 4.78 is 0. The normalized spacial score (nSPS) is 13.9. The molecule has 89 heavy (non-hydrogen) atoms. The van der Waals surface area contributed by atoms with Gasteiger partial charge in [-0.25, -0.2) is 4.79 Å². The van der Waals surface area contributed by atoms with Crippen molar-refractivity contribution >= 4 is 77.0 Å². The van der Waals surface area contributed by atoms with Crippen LogP contribution in [0.25, 0.3) is 0 Å². The van der Waals surface area contributed by atoms with Crippen LogP contribution in [0.1, 0.15) is 95.1 Å². The van der Waals surface area contributed by atoms with E-state index in [1.165, 1.54) is 6.92 Å². The van der Waals surface area contributed by atoms with Gasteiger partial charge in [0.2, 0.25) is 53.2 Å². The Morgan fingerprint density at radius 2 is 0.730 bits per heavy atom. The van der Waals surface area contributed by atoms with Crippen molar-refractivity contribution in [1.82, 2.24) is 47.9 Å². The van der Waals surface area contributed by atoms with Gasteiger partial charge in [0.25, 0.3) is 0 Å². The van der Waals surface area contributed by atoms with E-state index in [-0.39, 0.29) is 115 Å². The molecule has 0 aliphatic rings. The summed E-state index contributed by atoms with van der Waals surface area (Å²) in [5.74, 6) is -9.76. The number of nitrogens with one attached hydrogen (secondary N) is 9. The van der Waals surface area contributed by atoms with Crippen LogP contribution < -0.4 is 99.5 Å². The maximum Gasteiger partial charge on any atom is 0.326 e. The van der Waals surface area contributed by atoms with Crippen molar-refractivity contribution in [3.05, 3.63) is 71.8 Å². The minimum absolute atomic E-state index is 0.00299. The van der Waals surface area contributed by atoms with Crippen LogP contribution in [0.5, 0.6) is 0 Å². The van der Waals surface area contributed by atoms with E-state index in [1.54, 1.807) is 60.7 Å². The van der Waals surface area contributed by atoms with E-state index in [4.69, 9.17) is 51.6 Å². The lowest BCUT2D eigenvalue weighted by molar-refractivity contribution is -0.142. The van der Waals surface area contributed by atoms with Gasteiger partial charge in [0.05, 0.1) is 19.2 Å². The monoisotopic (exact) mass is 1250 g/mol. The number of aliphatic imine (C=N–C) groups is 3. The molecule has 0 aromatic heterocycles. The number of nitrogens with two attached hydrogens (primary N) is 9. The first-order valence-electron chi connectivity index (χ1n) is 29.3. The highest BCUT2D eigenvalue weighted by Crippen LogP contribution is 2.12. The van der Waals surface area contributed by atoms with E-state index in [9.17, 15) is 58.2 Å². The molecule has 2 aromatic carbocycles. The zero-order valence-electron chi connectivity index (χ0n) is 50.3. The molecule has 494 valence electrons. The minimum atomic E-state index is -1.68. The van der Waals surface area contributed by atoms with Gasteiger partial charge in [-0.15, -0.1) is 0 Å². The van der Waals surface area contributed by atoms with Crippen LogP contribution in [0.4, 0.5) is 0 Å². The second-order valence-corrected chi connectivity index (χ2v) is 20.9. The summed E-state index contributed by atoms with van der Waals surface area (Å²) in [7, 11) is 0. The fraction of sp³-hybridized carbons (Fsp3) is 0.554. The molecule has 0 radical (unpaired) electrons. The van der Waals surface area contributed by atoms with E-state index in [1.807, 2.05) is 0 Å². The number of unbranched alkanes of at least 4 members (excludes halogenated alkanes) is 2. The first-order valence-corrected chi connectivity index (χ1v) is 29.3. The standard InChI is InChI=1S/C56H93N21O12/c1-33(59)45(80)71-38(21-12-26-66-54(60)61)48(83)75-40(23-14-28-68-56(64)65)50(85)73-37(20-9-11-25-58)47(82)74-39(22-13-27-67-55(62)63)49(84)72-36(19-8-10-24-57)46(81)69-31-44(79)70-43(32-78)52(87)76-41(29-34-15-4-2-5-16-34)51(86)77-42(53(88)89)30-35-17-6-3-7-18-35/h2-7,15-18,33,36-43,78H,8-14,19-32,57-59H2,1H3,(H,69,81)(H,70,79)(H,71,80)(H,72,84)(H,73,85)(H,74,82)(H,75,83)(H,76,87)(H,77,86)(H,88,89)(H4,60,61,66)(H4,62,63,67)(H4,64,65,68)/t33-,36-,37-,38-,39-,40-,41-,42-,43-/m0/s1. The maximum absolute atomic E-state index is 14.4. The summed E-state index contributed by atoms with van der Waals surface area (Å²) in [5, 5.41) is 43.2. The number of aliphatic hydroxyl groups excluding tert-OH is 1. The number of hydrogen-bond acceptors (Lipinski definition) is 17. The molecule has 33 heteroatoms. The van der Waals surface area contributed by atoms with Crippen LogP contribution in [0.15, 0.2) is 75.6 Å². The molecule has 0 heterocycles. The Balaban J connectivity index is 2.40. The lowest BCUT2D eigenvalue weighted by atomic mass is 10.0. The second-order valence-electron chi connectivity index (χ2n) is 20.9. The van der Waals surface area contributed by atoms with E-state index in [0.29, 0.717) is 36.8 Å². The van der Waals surface area contributed by atoms with Crippen LogP contribution in [0.3, 0.4) is 0 Å². The maximum atomic E-state index is 14.4. The first kappa shape index (κ1) is 75.9. The number of nitrogens with zero attached hydrogens (tertiary/aromatic N) is 3. The Morgan fingerprint density at radius 1 is 0.416 bits per heavy atom. The highest BCUT2D eigenvalue weighted by molar-refractivity contribution is 5.98. The van der Waals surface area contributed by atoms with Crippen molar-refractivity contribution in [2.24, 2.45) is 66.6 Å². The highest BCUT2D eigenvalue weighted by atomic mass is 16.4. The quantitative estimate of drug-likeness (QED) is 0.0167. The van der Waals surface area contributed by atoms with Gasteiger partial charge in [-0.2, -0.15) is 0 Å². The summed E-state index contributed by atoms with van der Waals surface area (Å²) in [4.78, 5) is 148. The summed E-state index contributed by atoms with van der Waals surface area (Å²) in [6.45, 7) is 0.227. The predicted octanol–water partition coefficient (Wildman–Crippen LogP) is -6.69. The van der Waals surface area contributed by atoms with Crippen molar-refractivity contribution < 1.29 is 58.2 Å². The van der Waals surface area contributed by atoms with Gasteiger partial charge in [0.1, 0.15) is 48.3 Å². The average molecular weight is 1250 g/mol. The molecule has 0 fully saturated rings. The van der Waals surface area contributed by atoms with Gasteiger partial charge in [-0.3, -0.25) is 58.1 Å². The van der Waals surface area contributed by atoms with Crippen LogP contribution >= 0.6 is 0 Å². The molecule has 0 unspecified atom stereocenters. The Bertz CT molecular complexity index is 2660. The molecule has 9 amide bonds. The summed E-state index contributed by atoms with van der Waals surface area (Å²) in [5.41, 5.74) is 51.6. The van der Waals surface area contributed by atoms with Crippen molar-refractivity contribution in [2.75, 3.05) is 45.9 Å². The fourth-order valence-electron chi connectivity index (χ4n) is 8.62. The number of benzene rings is 2. The van der Waals surface area contributed by atoms with Crippen LogP contribution in [0, 0.1) is 0 Å². The van der Waals surface area contributed by atoms with E-state index in [0.717, 1.165) is 0 Å². The van der Waals surface area contributed by atoms with Gasteiger partial charge >= 0.3 is 5.97 Å². The van der Waals surface area contributed by atoms with Gasteiger partial charge in [0.15, 0.2) is 17.9 Å². The summed E-state index contributed by atoms with van der Waals surface area (Å²) in [6.07, 6.45) is 1.50. The van der Waals surface area contributed by atoms with Crippen molar-refractivity contribution in [1.29, 1.82) is 0 Å². The molecule has 29 N–H and O–H groups in total. The van der Waals surface area contributed by atoms with E-state index >= 15 is 0 Å². The number of rotatable bonds is 44. The number of carboxylic acid groups (broad SMARTS) is 1. The molecular weight excluding hydrogens is 1160 g/mol. The molecule has 0 saturated heterocycles. The van der Waals surface area contributed by atoms with Crippen LogP contribution in [-0.4, -0.2) is 187 Å². The molecule has 0 spiro atoms. The number of guanidine groups is 3. The van der Waals surface area contributed by atoms with Gasteiger partial charge in [0, 0.05) is 32.5 Å². The smallest absolute Gasteiger partial charge is 0.326 e. The number of aliphatic hydroxyl groups is 1. The molecular formula is C56H93N21O12. The van der Waals surface area contributed by atoms with Crippen LogP contribution in [-0.2, 0) is 60.8 Å². The molecule has 0 saturated carbocycles. The molecule has 9 atom stereocenters. The van der Waals surface area contributed by atoms with E-state index in [2.05, 4.69) is 62.8 Å². The number of carbonyl (C=O) groups excluding carboxylic acids is 9. The molecule has 2 aromatic rings. The van der Waals surface area contributed by atoms with Gasteiger partial charge in [-0.05, 0) is 108 Å². The minimum Gasteiger partial charge on any atom is -0.480 e. The zero-order valence-corrected chi connectivity index (χ0v) is 50.3.